The van der Waals surface area contributed by atoms with Gasteiger partial charge in [0.2, 0.25) is 0 Å². The molecule has 0 bridgehead atoms. The molecule has 0 radical (unpaired) electrons. The average molecular weight is 467 g/mol. The number of carboxylic acids is 2. The molecule has 0 saturated heterocycles. The van der Waals surface area contributed by atoms with Crippen LogP contribution in [0.25, 0.3) is 11.1 Å². The van der Waals surface area contributed by atoms with Crippen LogP contribution < -0.4 is 5.32 Å². The lowest BCUT2D eigenvalue weighted by molar-refractivity contribution is -0.141. The number of benzene rings is 2. The van der Waals surface area contributed by atoms with Gasteiger partial charge in [0.15, 0.2) is 0 Å². The van der Waals surface area contributed by atoms with Crippen molar-refractivity contribution in [3.63, 3.8) is 0 Å². The number of hydrogen-bond donors (Lipinski definition) is 3. The van der Waals surface area contributed by atoms with Gasteiger partial charge < -0.3 is 15.5 Å². The second-order valence-corrected chi connectivity index (χ2v) is 8.23. The summed E-state index contributed by atoms with van der Waals surface area (Å²) >= 11 is 6.07. The minimum Gasteiger partial charge on any atom is -0.481 e. The Morgan fingerprint density at radius 3 is 2.36 bits per heavy atom. The van der Waals surface area contributed by atoms with E-state index in [1.54, 1.807) is 13.0 Å². The van der Waals surface area contributed by atoms with Crippen LogP contribution in [0.2, 0.25) is 5.02 Å². The summed E-state index contributed by atoms with van der Waals surface area (Å²) in [4.78, 5) is 39.2. The third-order valence-corrected chi connectivity index (χ3v) is 5.46. The SMILES string of the molecule is C[C@@H](C[C@@H](Cc1ccc(-c2cccc(Cl)c2)cc1)NC(=O)c1cc(C(=O)O)ccn1)C(=O)O. The molecule has 3 rings (SSSR count). The minimum atomic E-state index is -1.16. The molecule has 1 heterocycles. The van der Waals surface area contributed by atoms with Crippen LogP contribution in [0.15, 0.2) is 66.9 Å². The summed E-state index contributed by atoms with van der Waals surface area (Å²) in [5.41, 5.74) is 2.77. The molecule has 170 valence electrons. The van der Waals surface area contributed by atoms with Crippen molar-refractivity contribution in [2.45, 2.75) is 25.8 Å². The number of carboxylic acid groups (broad SMARTS) is 2. The first-order valence-corrected chi connectivity index (χ1v) is 10.7. The van der Waals surface area contributed by atoms with E-state index in [2.05, 4.69) is 10.3 Å². The summed E-state index contributed by atoms with van der Waals surface area (Å²) in [5.74, 6) is -3.37. The number of carbonyl (C=O) groups is 3. The molecule has 33 heavy (non-hydrogen) atoms. The molecule has 7 nitrogen and oxygen atoms in total. The Morgan fingerprint density at radius 1 is 1.00 bits per heavy atom. The fourth-order valence-corrected chi connectivity index (χ4v) is 3.64. The monoisotopic (exact) mass is 466 g/mol. The fourth-order valence-electron chi connectivity index (χ4n) is 3.45. The van der Waals surface area contributed by atoms with Crippen LogP contribution in [0.4, 0.5) is 0 Å². The third-order valence-electron chi connectivity index (χ3n) is 5.23. The second kappa shape index (κ2) is 10.7. The van der Waals surface area contributed by atoms with Crippen molar-refractivity contribution in [3.8, 4) is 11.1 Å². The van der Waals surface area contributed by atoms with E-state index < -0.39 is 29.8 Å². The van der Waals surface area contributed by atoms with Crippen LogP contribution in [0.5, 0.6) is 0 Å². The maximum Gasteiger partial charge on any atom is 0.335 e. The number of pyridine rings is 1. The lowest BCUT2D eigenvalue weighted by Crippen LogP contribution is -2.39. The zero-order valence-corrected chi connectivity index (χ0v) is 18.6. The van der Waals surface area contributed by atoms with Crippen molar-refractivity contribution in [1.82, 2.24) is 10.3 Å². The summed E-state index contributed by atoms with van der Waals surface area (Å²) in [6.07, 6.45) is 1.86. The van der Waals surface area contributed by atoms with Gasteiger partial charge in [-0.1, -0.05) is 54.9 Å². The van der Waals surface area contributed by atoms with Gasteiger partial charge >= 0.3 is 11.9 Å². The number of aliphatic carboxylic acids is 1. The van der Waals surface area contributed by atoms with Crippen molar-refractivity contribution in [2.75, 3.05) is 0 Å². The summed E-state index contributed by atoms with van der Waals surface area (Å²) in [7, 11) is 0. The van der Waals surface area contributed by atoms with Gasteiger partial charge in [0.1, 0.15) is 5.69 Å². The smallest absolute Gasteiger partial charge is 0.335 e. The standard InChI is InChI=1S/C25H23ClN2O5/c1-15(24(30)31)11-21(28-23(29)22-14-19(25(32)33)9-10-27-22)12-16-5-7-17(8-6-16)18-3-2-4-20(26)13-18/h2-10,13-15,21H,11-12H2,1H3,(H,28,29)(H,30,31)(H,32,33)/t15-,21-/m0/s1. The normalized spacial score (nSPS) is 12.5. The Kier molecular flexibility index (Phi) is 7.79. The quantitative estimate of drug-likeness (QED) is 0.426. The van der Waals surface area contributed by atoms with Crippen LogP contribution in [0, 0.1) is 5.92 Å². The molecule has 2 aromatic carbocycles. The molecule has 3 N–H and O–H groups in total. The predicted molar refractivity (Wildman–Crippen MR) is 124 cm³/mol. The molecule has 8 heteroatoms. The molecule has 0 aliphatic carbocycles. The highest BCUT2D eigenvalue weighted by atomic mass is 35.5. The molecular weight excluding hydrogens is 444 g/mol. The van der Waals surface area contributed by atoms with E-state index in [0.29, 0.717) is 11.4 Å². The van der Waals surface area contributed by atoms with Crippen molar-refractivity contribution in [3.05, 3.63) is 88.7 Å². The number of aromatic nitrogens is 1. The predicted octanol–water partition coefficient (Wildman–Crippen LogP) is 4.55. The molecule has 0 fully saturated rings. The topological polar surface area (TPSA) is 117 Å². The van der Waals surface area contributed by atoms with E-state index in [9.17, 15) is 19.5 Å². The molecule has 1 aromatic heterocycles. The zero-order valence-electron chi connectivity index (χ0n) is 17.9. The van der Waals surface area contributed by atoms with E-state index in [-0.39, 0.29) is 17.7 Å². The summed E-state index contributed by atoms with van der Waals surface area (Å²) in [6.45, 7) is 1.58. The Morgan fingerprint density at radius 2 is 1.73 bits per heavy atom. The molecule has 0 aliphatic heterocycles. The number of amides is 1. The summed E-state index contributed by atoms with van der Waals surface area (Å²) < 4.78 is 0. The maximum absolute atomic E-state index is 12.7. The number of aromatic carboxylic acids is 1. The Labute approximate surface area is 196 Å². The van der Waals surface area contributed by atoms with Gasteiger partial charge in [0.25, 0.3) is 5.91 Å². The number of nitrogens with zero attached hydrogens (tertiary/aromatic N) is 1. The Bertz CT molecular complexity index is 1160. The fraction of sp³-hybridized carbons (Fsp3) is 0.200. The first-order chi connectivity index (χ1) is 15.7. The first kappa shape index (κ1) is 23.9. The highest BCUT2D eigenvalue weighted by Crippen LogP contribution is 2.24. The Hall–Kier alpha value is -3.71. The molecular formula is C25H23ClN2O5. The van der Waals surface area contributed by atoms with Gasteiger partial charge in [-0.25, -0.2) is 4.79 Å². The summed E-state index contributed by atoms with van der Waals surface area (Å²) in [6, 6.07) is 17.2. The molecule has 0 unspecified atom stereocenters. The van der Waals surface area contributed by atoms with Crippen LogP contribution >= 0.6 is 11.6 Å². The number of carbonyl (C=O) groups excluding carboxylic acids is 1. The zero-order chi connectivity index (χ0) is 24.0. The van der Waals surface area contributed by atoms with Crippen molar-refractivity contribution < 1.29 is 24.6 Å². The first-order valence-electron chi connectivity index (χ1n) is 10.3. The Balaban J connectivity index is 1.77. The van der Waals surface area contributed by atoms with Crippen molar-refractivity contribution in [2.24, 2.45) is 5.92 Å². The number of hydrogen-bond acceptors (Lipinski definition) is 4. The number of halogens is 1. The molecule has 1 amide bonds. The van der Waals surface area contributed by atoms with Crippen LogP contribution in [-0.4, -0.2) is 39.1 Å². The van der Waals surface area contributed by atoms with Crippen LogP contribution in [0.3, 0.4) is 0 Å². The van der Waals surface area contributed by atoms with E-state index in [0.717, 1.165) is 16.7 Å². The second-order valence-electron chi connectivity index (χ2n) is 7.79. The van der Waals surface area contributed by atoms with E-state index in [4.69, 9.17) is 16.7 Å². The van der Waals surface area contributed by atoms with E-state index in [1.807, 2.05) is 42.5 Å². The van der Waals surface area contributed by atoms with Gasteiger partial charge in [-0.3, -0.25) is 14.6 Å². The van der Waals surface area contributed by atoms with Crippen LogP contribution in [-0.2, 0) is 11.2 Å². The number of nitrogens with one attached hydrogen (secondary N) is 1. The van der Waals surface area contributed by atoms with Gasteiger partial charge in [0.05, 0.1) is 11.5 Å². The van der Waals surface area contributed by atoms with Gasteiger partial charge in [-0.15, -0.1) is 0 Å². The van der Waals surface area contributed by atoms with E-state index in [1.165, 1.54) is 18.3 Å². The van der Waals surface area contributed by atoms with Gasteiger partial charge in [0, 0.05) is 17.3 Å². The largest absolute Gasteiger partial charge is 0.481 e. The minimum absolute atomic E-state index is 0.0424. The highest BCUT2D eigenvalue weighted by Gasteiger charge is 2.22. The van der Waals surface area contributed by atoms with Crippen molar-refractivity contribution >= 4 is 29.4 Å². The third kappa shape index (κ3) is 6.63. The molecule has 0 aliphatic rings. The average Bonchev–Trinajstić information content (AvgIpc) is 2.79. The van der Waals surface area contributed by atoms with Gasteiger partial charge in [-0.2, -0.15) is 0 Å². The van der Waals surface area contributed by atoms with Crippen molar-refractivity contribution in [1.29, 1.82) is 0 Å². The highest BCUT2D eigenvalue weighted by molar-refractivity contribution is 6.30. The molecule has 0 spiro atoms. The molecule has 0 saturated carbocycles. The lowest BCUT2D eigenvalue weighted by atomic mass is 9.95. The maximum atomic E-state index is 12.7. The molecule has 2 atom stereocenters. The van der Waals surface area contributed by atoms with Crippen LogP contribution in [0.1, 0.15) is 39.8 Å². The summed E-state index contributed by atoms with van der Waals surface area (Å²) in [5, 5.41) is 21.9. The lowest BCUT2D eigenvalue weighted by Gasteiger charge is -2.21. The van der Waals surface area contributed by atoms with Gasteiger partial charge in [-0.05, 0) is 53.8 Å². The van der Waals surface area contributed by atoms with E-state index >= 15 is 0 Å². The molecule has 3 aromatic rings. The number of rotatable bonds is 9.